The fourth-order valence-electron chi connectivity index (χ4n) is 8.70. The van der Waals surface area contributed by atoms with Gasteiger partial charge in [-0.3, -0.25) is 0 Å². The van der Waals surface area contributed by atoms with E-state index in [4.69, 9.17) is 0 Å². The van der Waals surface area contributed by atoms with Crippen molar-refractivity contribution in [2.24, 2.45) is 0 Å². The van der Waals surface area contributed by atoms with E-state index in [1.165, 1.54) is 76.6 Å². The fraction of sp³-hybridized carbons (Fsp3) is 0.0400. The number of para-hydroxylation sites is 2. The van der Waals surface area contributed by atoms with Crippen molar-refractivity contribution in [3.8, 4) is 11.1 Å². The third-order valence-electron chi connectivity index (χ3n) is 11.2. The third-order valence-corrected chi connectivity index (χ3v) is 14.7. The van der Waals surface area contributed by atoms with Crippen LogP contribution in [0, 0.1) is 0 Å². The Balaban J connectivity index is 1.19. The minimum absolute atomic E-state index is 1.15. The Morgan fingerprint density at radius 2 is 0.830 bits per heavy atom. The van der Waals surface area contributed by atoms with Crippen LogP contribution < -0.4 is 20.2 Å². The number of hydrogen-bond acceptors (Lipinski definition) is 2. The Kier molecular flexibility index (Phi) is 7.31. The molecule has 0 spiro atoms. The van der Waals surface area contributed by atoms with Gasteiger partial charge >= 0.3 is 0 Å². The van der Waals surface area contributed by atoms with Crippen LogP contribution in [0.4, 0.5) is 34.1 Å². The molecule has 53 heavy (non-hydrogen) atoms. The largest absolute Gasteiger partial charge is 0.310 e. The van der Waals surface area contributed by atoms with Crippen LogP contribution in [0.1, 0.15) is 0 Å². The minimum Gasteiger partial charge on any atom is -0.310 e. The van der Waals surface area contributed by atoms with E-state index in [2.05, 4.69) is 217 Å². The maximum absolute atomic E-state index is 2.53. The predicted octanol–water partition coefficient (Wildman–Crippen LogP) is 12.9. The zero-order chi connectivity index (χ0) is 35.5. The number of rotatable bonds is 6. The first-order chi connectivity index (χ1) is 26.1. The Hall–Kier alpha value is -6.42. The number of anilines is 6. The van der Waals surface area contributed by atoms with E-state index in [1.807, 2.05) is 0 Å². The van der Waals surface area contributed by atoms with Gasteiger partial charge in [0.2, 0.25) is 0 Å². The fourth-order valence-corrected chi connectivity index (χ4v) is 11.8. The quantitative estimate of drug-likeness (QED) is 0.160. The van der Waals surface area contributed by atoms with Gasteiger partial charge in [0.25, 0.3) is 0 Å². The molecule has 1 aliphatic heterocycles. The summed E-state index contributed by atoms with van der Waals surface area (Å²) in [6, 6.07) is 71.3. The molecule has 0 radical (unpaired) electrons. The lowest BCUT2D eigenvalue weighted by Crippen LogP contribution is -2.56. The summed E-state index contributed by atoms with van der Waals surface area (Å²) < 4.78 is 0. The van der Waals surface area contributed by atoms with Gasteiger partial charge in [-0.15, -0.1) is 0 Å². The molecule has 0 saturated heterocycles. The van der Waals surface area contributed by atoms with Crippen LogP contribution in [0.25, 0.3) is 43.4 Å². The molecule has 0 bridgehead atoms. The second-order valence-corrected chi connectivity index (χ2v) is 18.9. The van der Waals surface area contributed by atoms with Gasteiger partial charge in [-0.1, -0.05) is 153 Å². The van der Waals surface area contributed by atoms with E-state index in [0.717, 1.165) is 11.4 Å². The van der Waals surface area contributed by atoms with Crippen LogP contribution in [0.3, 0.4) is 0 Å². The zero-order valence-electron chi connectivity index (χ0n) is 29.9. The van der Waals surface area contributed by atoms with Crippen LogP contribution in [-0.4, -0.2) is 8.07 Å². The molecule has 10 rings (SSSR count). The topological polar surface area (TPSA) is 6.48 Å². The lowest BCUT2D eigenvalue weighted by atomic mass is 9.94. The number of hydrogen-bond donors (Lipinski definition) is 0. The molecule has 9 aromatic rings. The van der Waals surface area contributed by atoms with E-state index in [0.29, 0.717) is 0 Å². The van der Waals surface area contributed by atoms with Gasteiger partial charge < -0.3 is 9.80 Å². The second-order valence-electron chi connectivity index (χ2n) is 14.6. The maximum Gasteiger partial charge on any atom is 0.113 e. The molecule has 0 atom stereocenters. The highest BCUT2D eigenvalue weighted by atomic mass is 28.3. The van der Waals surface area contributed by atoms with E-state index in [-0.39, 0.29) is 0 Å². The van der Waals surface area contributed by atoms with Gasteiger partial charge in [0, 0.05) is 33.2 Å². The summed E-state index contributed by atoms with van der Waals surface area (Å²) in [5.41, 5.74) is 9.72. The lowest BCUT2D eigenvalue weighted by Gasteiger charge is -2.36. The summed E-state index contributed by atoms with van der Waals surface area (Å²) in [5.74, 6) is 0. The van der Waals surface area contributed by atoms with Crippen molar-refractivity contribution in [2.45, 2.75) is 13.1 Å². The van der Waals surface area contributed by atoms with Crippen LogP contribution in [0.15, 0.2) is 194 Å². The van der Waals surface area contributed by atoms with Crippen LogP contribution in [0.2, 0.25) is 13.1 Å². The van der Waals surface area contributed by atoms with E-state index < -0.39 is 8.07 Å². The van der Waals surface area contributed by atoms with Crippen molar-refractivity contribution in [1.82, 2.24) is 0 Å². The molecular formula is C50H38N2Si. The van der Waals surface area contributed by atoms with Crippen LogP contribution in [0.5, 0.6) is 0 Å². The molecule has 0 N–H and O–H groups in total. The van der Waals surface area contributed by atoms with Gasteiger partial charge in [-0.05, 0) is 92.3 Å². The van der Waals surface area contributed by atoms with E-state index in [9.17, 15) is 0 Å². The molecule has 2 nitrogen and oxygen atoms in total. The van der Waals surface area contributed by atoms with E-state index >= 15 is 0 Å². The standard InChI is InChI=1S/C50H38N2Si/c1-53(2)48-29-15-26-44-47(52(38-22-7-4-8-23-38)46-28-14-19-36-17-10-12-25-41(36)46)33-32-43(50(44)48)42-31-30-39(34-49(42)53)51(37-20-5-3-6-21-37)45-27-13-18-35-16-9-11-24-40(35)45/h3-34H,1-2H3. The molecular weight excluding hydrogens is 657 g/mol. The Morgan fingerprint density at radius 1 is 0.340 bits per heavy atom. The second kappa shape index (κ2) is 12.4. The highest BCUT2D eigenvalue weighted by Gasteiger charge is 2.37. The third kappa shape index (κ3) is 5.00. The SMILES string of the molecule is C[Si]1(C)c2cc(N(c3ccccc3)c3cccc4ccccc34)ccc2-c2ccc(N(c3ccccc3)c3cccc4ccccc34)c3cccc1c23. The number of fused-ring (bicyclic) bond motifs is 4. The first-order valence-electron chi connectivity index (χ1n) is 18.4. The Morgan fingerprint density at radius 3 is 1.49 bits per heavy atom. The predicted molar refractivity (Wildman–Crippen MR) is 231 cm³/mol. The molecule has 0 aliphatic carbocycles. The van der Waals surface area contributed by atoms with Crippen molar-refractivity contribution < 1.29 is 0 Å². The highest BCUT2D eigenvalue weighted by Crippen LogP contribution is 2.46. The lowest BCUT2D eigenvalue weighted by molar-refractivity contribution is 1.30. The van der Waals surface area contributed by atoms with Gasteiger partial charge in [-0.2, -0.15) is 0 Å². The Bertz CT molecular complexity index is 2820. The van der Waals surface area contributed by atoms with Crippen LogP contribution >= 0.6 is 0 Å². The summed E-state index contributed by atoms with van der Waals surface area (Å²) in [7, 11) is -2.20. The van der Waals surface area contributed by atoms with Gasteiger partial charge in [0.05, 0.1) is 17.1 Å². The molecule has 9 aromatic carbocycles. The summed E-state index contributed by atoms with van der Waals surface area (Å²) in [6.07, 6.45) is 0. The van der Waals surface area contributed by atoms with Crippen molar-refractivity contribution in [3.63, 3.8) is 0 Å². The summed E-state index contributed by atoms with van der Waals surface area (Å²) >= 11 is 0. The number of benzene rings is 9. The van der Waals surface area contributed by atoms with Gasteiger partial charge in [0.15, 0.2) is 0 Å². The maximum atomic E-state index is 2.53. The smallest absolute Gasteiger partial charge is 0.113 e. The molecule has 0 unspecified atom stereocenters. The monoisotopic (exact) mass is 694 g/mol. The first kappa shape index (κ1) is 31.3. The average Bonchev–Trinajstić information content (AvgIpc) is 3.21. The van der Waals surface area contributed by atoms with Crippen LogP contribution in [-0.2, 0) is 0 Å². The normalized spacial score (nSPS) is 12.9. The molecule has 0 amide bonds. The van der Waals surface area contributed by atoms with Gasteiger partial charge in [-0.25, -0.2) is 0 Å². The summed E-state index contributed by atoms with van der Waals surface area (Å²) in [4.78, 5) is 4.90. The molecule has 252 valence electrons. The van der Waals surface area contributed by atoms with Crippen molar-refractivity contribution in [3.05, 3.63) is 194 Å². The molecule has 0 aromatic heterocycles. The average molecular weight is 695 g/mol. The van der Waals surface area contributed by atoms with Crippen molar-refractivity contribution >= 4 is 84.9 Å². The number of nitrogens with zero attached hydrogens (tertiary/aromatic N) is 2. The van der Waals surface area contributed by atoms with Crippen molar-refractivity contribution in [2.75, 3.05) is 9.80 Å². The van der Waals surface area contributed by atoms with E-state index in [1.54, 1.807) is 0 Å². The first-order valence-corrected chi connectivity index (χ1v) is 21.4. The molecule has 3 heteroatoms. The minimum atomic E-state index is -2.20. The summed E-state index contributed by atoms with van der Waals surface area (Å²) in [6.45, 7) is 5.06. The summed E-state index contributed by atoms with van der Waals surface area (Å²) in [5, 5.41) is 10.6. The molecule has 1 heterocycles. The van der Waals surface area contributed by atoms with Crippen molar-refractivity contribution in [1.29, 1.82) is 0 Å². The highest BCUT2D eigenvalue weighted by molar-refractivity contribution is 7.03. The molecule has 0 fully saturated rings. The van der Waals surface area contributed by atoms with Gasteiger partial charge in [0.1, 0.15) is 8.07 Å². The Labute approximate surface area is 311 Å². The molecule has 0 saturated carbocycles. The molecule has 1 aliphatic rings. The zero-order valence-corrected chi connectivity index (χ0v) is 30.9.